The van der Waals surface area contributed by atoms with Crippen molar-refractivity contribution in [2.45, 2.75) is 25.4 Å². The van der Waals surface area contributed by atoms with Gasteiger partial charge in [0.05, 0.1) is 0 Å². The number of aromatic nitrogens is 6. The monoisotopic (exact) mass is 636 g/mol. The summed E-state index contributed by atoms with van der Waals surface area (Å²) in [4.78, 5) is 0. The molecule has 0 aliphatic carbocycles. The average molecular weight is 635 g/mol. The molecule has 30 heavy (non-hydrogen) atoms. The van der Waals surface area contributed by atoms with E-state index in [1.807, 2.05) is 0 Å². The smallest absolute Gasteiger partial charge is 0.400 e. The van der Waals surface area contributed by atoms with Crippen LogP contribution < -0.4 is 0 Å². The molecule has 0 aromatic carbocycles. The Morgan fingerprint density at radius 1 is 0.600 bits per heavy atom. The Balaban J connectivity index is 0.00000320. The first-order valence-corrected chi connectivity index (χ1v) is 7.71. The molecule has 0 amide bonds. The maximum atomic E-state index is 12.9. The standard InChI is InChI=1S/C13H9BF9N6.Tl/c1-14(27-5-2-8(24-27)11(15,16)17,28-6-3-9(25-28)12(18,19)20)29-7-4-10(26-29)13(21,22)23;/h2-7H,1H3;/q-1;+1. The van der Waals surface area contributed by atoms with Crippen LogP contribution in [0.25, 0.3) is 0 Å². The summed E-state index contributed by atoms with van der Waals surface area (Å²) in [5, 5.41) is 9.85. The summed E-state index contributed by atoms with van der Waals surface area (Å²) in [5.74, 6) is 0. The molecule has 0 spiro atoms. The summed E-state index contributed by atoms with van der Waals surface area (Å²) in [7, 11) is 0. The Labute approximate surface area is 181 Å². The first-order chi connectivity index (χ1) is 13.1. The fraction of sp³-hybridized carbons (Fsp3) is 0.308. The molecule has 0 fully saturated rings. The number of nitrogens with zero attached hydrogens (tertiary/aromatic N) is 6. The zero-order valence-electron chi connectivity index (χ0n) is 14.7. The van der Waals surface area contributed by atoms with E-state index in [-0.39, 0.29) is 27.3 Å². The van der Waals surface area contributed by atoms with Crippen molar-refractivity contribution in [1.29, 1.82) is 0 Å². The SMILES string of the molecule is C[B-](n1ccc(C(F)(F)F)n1)(n1ccc(C(F)(F)F)n1)n1ccc(C(F)(F)F)n1.[Tl+]. The minimum Gasteiger partial charge on any atom is -0.400 e. The largest absolute Gasteiger partial charge is 1.00 e. The summed E-state index contributed by atoms with van der Waals surface area (Å²) < 4.78 is 118. The van der Waals surface area contributed by atoms with Gasteiger partial charge in [-0.1, -0.05) is 0 Å². The summed E-state index contributed by atoms with van der Waals surface area (Å²) in [6, 6.07) is 1.59. The minimum atomic E-state index is -4.88. The molecule has 3 aromatic heterocycles. The number of rotatable bonds is 3. The predicted octanol–water partition coefficient (Wildman–Crippen LogP) is 3.47. The molecule has 0 N–H and O–H groups in total. The maximum absolute atomic E-state index is 12.9. The second-order valence-corrected chi connectivity index (χ2v) is 6.16. The van der Waals surface area contributed by atoms with Gasteiger partial charge < -0.3 is 13.8 Å². The van der Waals surface area contributed by atoms with Crippen LogP contribution in [-0.4, -0.2) is 62.9 Å². The van der Waals surface area contributed by atoms with Crippen LogP contribution in [0, 0.1) is 0 Å². The zero-order chi connectivity index (χ0) is 21.8. The Morgan fingerprint density at radius 2 is 0.833 bits per heavy atom. The summed E-state index contributed by atoms with van der Waals surface area (Å²) in [5.41, 5.74) is -4.17. The van der Waals surface area contributed by atoms with Gasteiger partial charge in [0.1, 0.15) is 0 Å². The zero-order valence-corrected chi connectivity index (χ0v) is 19.2. The van der Waals surface area contributed by atoms with Crippen molar-refractivity contribution in [3.8, 4) is 0 Å². The number of halogens is 9. The van der Waals surface area contributed by atoms with E-state index in [4.69, 9.17) is 0 Å². The number of hydrogen-bond acceptors (Lipinski definition) is 3. The molecular formula is C13H9BF9N6Tl. The third-order valence-corrected chi connectivity index (χ3v) is 4.20. The summed E-state index contributed by atoms with van der Waals surface area (Å²) in [6.07, 6.45) is -12.3. The molecule has 3 rings (SSSR count). The van der Waals surface area contributed by atoms with Crippen LogP contribution in [0.3, 0.4) is 0 Å². The minimum absolute atomic E-state index is 0. The molecule has 0 radical (unpaired) electrons. The van der Waals surface area contributed by atoms with Crippen LogP contribution in [0.2, 0.25) is 6.82 Å². The van der Waals surface area contributed by atoms with Crippen LogP contribution in [0.15, 0.2) is 36.8 Å². The van der Waals surface area contributed by atoms with Gasteiger partial charge in [-0.15, -0.1) is 6.82 Å². The van der Waals surface area contributed by atoms with E-state index < -0.39 is 42.2 Å². The quantitative estimate of drug-likeness (QED) is 0.328. The third-order valence-electron chi connectivity index (χ3n) is 4.20. The van der Waals surface area contributed by atoms with E-state index in [2.05, 4.69) is 15.3 Å². The molecule has 0 saturated heterocycles. The molecule has 0 saturated carbocycles. The first-order valence-electron chi connectivity index (χ1n) is 7.71. The number of hydrogen-bond donors (Lipinski definition) is 0. The molecule has 0 aliphatic heterocycles. The second-order valence-electron chi connectivity index (χ2n) is 6.16. The molecule has 17 heteroatoms. The molecule has 0 unspecified atom stereocenters. The molecule has 160 valence electrons. The topological polar surface area (TPSA) is 53.5 Å². The van der Waals surface area contributed by atoms with Gasteiger partial charge in [0, 0.05) is 0 Å². The fourth-order valence-electron chi connectivity index (χ4n) is 2.65. The van der Waals surface area contributed by atoms with Crippen molar-refractivity contribution in [3.63, 3.8) is 0 Å². The van der Waals surface area contributed by atoms with Crippen molar-refractivity contribution in [2.75, 3.05) is 0 Å². The fourth-order valence-corrected chi connectivity index (χ4v) is 2.65. The number of alkyl halides is 9. The molecule has 6 nitrogen and oxygen atoms in total. The van der Waals surface area contributed by atoms with Gasteiger partial charge in [-0.05, 0) is 36.8 Å². The van der Waals surface area contributed by atoms with Gasteiger partial charge in [-0.3, -0.25) is 0 Å². The Hall–Kier alpha value is -2.01. The van der Waals surface area contributed by atoms with Gasteiger partial charge >= 0.3 is 52.4 Å². The predicted molar refractivity (Wildman–Crippen MR) is 85.3 cm³/mol. The van der Waals surface area contributed by atoms with Crippen molar-refractivity contribution in [1.82, 2.24) is 29.1 Å². The van der Waals surface area contributed by atoms with Gasteiger partial charge in [0.2, 0.25) is 0 Å². The van der Waals surface area contributed by atoms with Crippen molar-refractivity contribution in [3.05, 3.63) is 53.9 Å². The molecule has 0 bridgehead atoms. The van der Waals surface area contributed by atoms with E-state index in [0.717, 1.165) is 25.4 Å². The van der Waals surface area contributed by atoms with Crippen LogP contribution in [0.1, 0.15) is 17.1 Å². The summed E-state index contributed by atoms with van der Waals surface area (Å²) >= 11 is 0. The van der Waals surface area contributed by atoms with Gasteiger partial charge in [0.25, 0.3) is 0 Å². The molecule has 3 aromatic rings. The Morgan fingerprint density at radius 3 is 1.00 bits per heavy atom. The normalized spacial score (nSPS) is 13.4. The van der Waals surface area contributed by atoms with Gasteiger partial charge in [-0.2, -0.15) is 39.5 Å². The third kappa shape index (κ3) is 4.36. The van der Waals surface area contributed by atoms with Crippen LogP contribution in [0.4, 0.5) is 39.5 Å². The van der Waals surface area contributed by atoms with Crippen LogP contribution in [-0.2, 0) is 18.5 Å². The Bertz CT molecular complexity index is 888. The van der Waals surface area contributed by atoms with Crippen molar-refractivity contribution >= 4 is 33.8 Å². The van der Waals surface area contributed by atoms with Crippen molar-refractivity contribution in [2.24, 2.45) is 0 Å². The molecular weight excluding hydrogens is 626 g/mol. The van der Waals surface area contributed by atoms with Gasteiger partial charge in [0.15, 0.2) is 17.1 Å². The Kier molecular flexibility index (Phi) is 6.14. The van der Waals surface area contributed by atoms with E-state index in [0.29, 0.717) is 32.0 Å². The molecule has 0 atom stereocenters. The van der Waals surface area contributed by atoms with E-state index >= 15 is 0 Å². The van der Waals surface area contributed by atoms with Gasteiger partial charge in [-0.25, -0.2) is 15.3 Å². The average Bonchev–Trinajstić information content (AvgIpc) is 3.30. The van der Waals surface area contributed by atoms with Crippen molar-refractivity contribution < 1.29 is 39.5 Å². The van der Waals surface area contributed by atoms with E-state index in [1.54, 1.807) is 0 Å². The first kappa shape index (κ1) is 24.3. The summed E-state index contributed by atoms with van der Waals surface area (Å²) in [6.45, 7) is -2.03. The second kappa shape index (κ2) is 7.59. The van der Waals surface area contributed by atoms with Crippen LogP contribution >= 0.6 is 0 Å². The van der Waals surface area contributed by atoms with E-state index in [9.17, 15) is 39.5 Å². The molecule has 3 heterocycles. The van der Waals surface area contributed by atoms with E-state index in [1.165, 1.54) is 0 Å². The molecule has 0 aliphatic rings. The maximum Gasteiger partial charge on any atom is 1.00 e. The van der Waals surface area contributed by atoms with Crippen LogP contribution in [0.5, 0.6) is 0 Å².